The number of hydrogen-bond acceptors (Lipinski definition) is 6. The van der Waals surface area contributed by atoms with Crippen molar-refractivity contribution >= 4 is 47.2 Å². The number of rotatable bonds is 8. The first kappa shape index (κ1) is 25.4. The second kappa shape index (κ2) is 12.2. The van der Waals surface area contributed by atoms with E-state index in [4.69, 9.17) is 14.5 Å². The molecule has 1 aliphatic rings. The summed E-state index contributed by atoms with van der Waals surface area (Å²) < 4.78 is 10.7. The summed E-state index contributed by atoms with van der Waals surface area (Å²) in [6, 6.07) is 6.30. The van der Waals surface area contributed by atoms with Crippen molar-refractivity contribution in [3.8, 4) is 5.75 Å². The Morgan fingerprint density at radius 2 is 2.19 bits per heavy atom. The number of nitrogens with one attached hydrogen (secondary N) is 2. The number of halogens is 1. The molecule has 0 aliphatic carbocycles. The number of aryl methyl sites for hydroxylation is 1. The summed E-state index contributed by atoms with van der Waals surface area (Å²) in [4.78, 5) is 21.9. The van der Waals surface area contributed by atoms with Gasteiger partial charge in [-0.15, -0.1) is 35.3 Å². The minimum absolute atomic E-state index is 0. The molecule has 3 rings (SSSR count). The quantitative estimate of drug-likeness (QED) is 0.220. The molecule has 1 aromatic carbocycles. The number of fused-ring (bicyclic) bond motifs is 1. The Kier molecular flexibility index (Phi) is 10.0. The highest BCUT2D eigenvalue weighted by Crippen LogP contribution is 2.26. The average molecular weight is 558 g/mol. The van der Waals surface area contributed by atoms with E-state index in [-0.39, 0.29) is 36.0 Å². The number of carbonyl (C=O) groups excluding carboxylic acids is 1. The molecule has 0 amide bonds. The second-order valence-corrected chi connectivity index (χ2v) is 8.13. The molecule has 0 saturated heterocycles. The Morgan fingerprint density at radius 3 is 2.94 bits per heavy atom. The van der Waals surface area contributed by atoms with Crippen molar-refractivity contribution in [2.45, 2.75) is 46.6 Å². The number of esters is 1. The molecule has 0 saturated carbocycles. The molecule has 0 spiro atoms. The van der Waals surface area contributed by atoms with Crippen LogP contribution in [0.15, 0.2) is 23.2 Å². The zero-order valence-electron chi connectivity index (χ0n) is 18.5. The van der Waals surface area contributed by atoms with E-state index in [2.05, 4.69) is 33.8 Å². The molecule has 1 unspecified atom stereocenters. The second-order valence-electron chi connectivity index (χ2n) is 7.10. The maximum atomic E-state index is 12.1. The highest BCUT2D eigenvalue weighted by Gasteiger charge is 2.20. The predicted molar refractivity (Wildman–Crippen MR) is 135 cm³/mol. The van der Waals surface area contributed by atoms with E-state index >= 15 is 0 Å². The van der Waals surface area contributed by atoms with Gasteiger partial charge in [-0.3, -0.25) is 4.99 Å². The van der Waals surface area contributed by atoms with Crippen LogP contribution >= 0.6 is 35.3 Å². The topological polar surface area (TPSA) is 84.8 Å². The van der Waals surface area contributed by atoms with Crippen molar-refractivity contribution < 1.29 is 14.3 Å². The summed E-state index contributed by atoms with van der Waals surface area (Å²) in [5.41, 5.74) is 3.25. The maximum absolute atomic E-state index is 12.1. The van der Waals surface area contributed by atoms with Crippen LogP contribution < -0.4 is 15.4 Å². The van der Waals surface area contributed by atoms with E-state index in [0.29, 0.717) is 23.7 Å². The lowest BCUT2D eigenvalue weighted by Gasteiger charge is -2.16. The Bertz CT molecular complexity index is 916. The molecule has 0 bridgehead atoms. The van der Waals surface area contributed by atoms with Crippen LogP contribution in [0.5, 0.6) is 5.75 Å². The minimum atomic E-state index is -0.314. The molecule has 31 heavy (non-hydrogen) atoms. The molecule has 9 heteroatoms. The number of aliphatic imine (C=N–C) groups is 1. The van der Waals surface area contributed by atoms with Gasteiger partial charge in [0.15, 0.2) is 5.96 Å². The first-order valence-corrected chi connectivity index (χ1v) is 11.3. The molecular formula is C22H31IN4O3S. The molecular weight excluding hydrogens is 527 g/mol. The van der Waals surface area contributed by atoms with Crippen molar-refractivity contribution in [2.24, 2.45) is 4.99 Å². The molecule has 1 aliphatic heterocycles. The third-order valence-electron chi connectivity index (χ3n) is 4.77. The van der Waals surface area contributed by atoms with Crippen LogP contribution in [0.1, 0.15) is 58.3 Å². The van der Waals surface area contributed by atoms with E-state index in [1.54, 1.807) is 6.92 Å². The Morgan fingerprint density at radius 1 is 1.39 bits per heavy atom. The minimum Gasteiger partial charge on any atom is -0.493 e. The van der Waals surface area contributed by atoms with Gasteiger partial charge >= 0.3 is 5.97 Å². The number of hydrogen-bond donors (Lipinski definition) is 2. The fourth-order valence-electron chi connectivity index (χ4n) is 3.27. The van der Waals surface area contributed by atoms with Crippen LogP contribution in [0, 0.1) is 6.92 Å². The highest BCUT2D eigenvalue weighted by atomic mass is 127. The standard InChI is InChI=1S/C22H30N4O3S.HI/c1-5-23-22(24-11-9-16-7-8-18-17(13-16)10-12-29-18)26-15(4)20-25-14(3)19(30-20)21(27)28-6-2;/h7-8,13,15H,5-6,9-12H2,1-4H3,(H2,23,24,26);1H. The number of benzene rings is 1. The summed E-state index contributed by atoms with van der Waals surface area (Å²) in [5.74, 6) is 1.43. The van der Waals surface area contributed by atoms with Crippen molar-refractivity contribution in [2.75, 3.05) is 26.3 Å². The van der Waals surface area contributed by atoms with Gasteiger partial charge in [-0.1, -0.05) is 12.1 Å². The average Bonchev–Trinajstić information content (AvgIpc) is 3.34. The van der Waals surface area contributed by atoms with Crippen LogP contribution in [-0.4, -0.2) is 43.2 Å². The molecule has 0 radical (unpaired) electrons. The molecule has 2 N–H and O–H groups in total. The van der Waals surface area contributed by atoms with Gasteiger partial charge in [-0.2, -0.15) is 0 Å². The van der Waals surface area contributed by atoms with Gasteiger partial charge in [0.1, 0.15) is 15.6 Å². The lowest BCUT2D eigenvalue weighted by atomic mass is 10.1. The summed E-state index contributed by atoms with van der Waals surface area (Å²) in [5, 5.41) is 7.50. The van der Waals surface area contributed by atoms with Gasteiger partial charge in [-0.25, -0.2) is 9.78 Å². The number of ether oxygens (including phenoxy) is 2. The maximum Gasteiger partial charge on any atom is 0.350 e. The van der Waals surface area contributed by atoms with Crippen LogP contribution in [-0.2, 0) is 17.6 Å². The lowest BCUT2D eigenvalue weighted by molar-refractivity contribution is 0.0531. The monoisotopic (exact) mass is 558 g/mol. The Balaban J connectivity index is 0.00000341. The van der Waals surface area contributed by atoms with Crippen LogP contribution in [0.4, 0.5) is 0 Å². The SMILES string of the molecule is CCNC(=NCCc1ccc2c(c1)CCO2)NC(C)c1nc(C)c(C(=O)OCC)s1.I. The normalized spacial score (nSPS) is 13.6. The van der Waals surface area contributed by atoms with Gasteiger partial charge < -0.3 is 20.1 Å². The third kappa shape index (κ3) is 6.80. The van der Waals surface area contributed by atoms with Gasteiger partial charge in [0, 0.05) is 19.5 Å². The first-order chi connectivity index (χ1) is 14.5. The largest absolute Gasteiger partial charge is 0.493 e. The smallest absolute Gasteiger partial charge is 0.350 e. The molecule has 0 fully saturated rings. The van der Waals surface area contributed by atoms with Crippen molar-refractivity contribution in [3.63, 3.8) is 0 Å². The Labute approximate surface area is 205 Å². The molecule has 7 nitrogen and oxygen atoms in total. The zero-order valence-corrected chi connectivity index (χ0v) is 21.6. The zero-order chi connectivity index (χ0) is 21.5. The van der Waals surface area contributed by atoms with Gasteiger partial charge in [-0.05, 0) is 51.3 Å². The van der Waals surface area contributed by atoms with Gasteiger partial charge in [0.2, 0.25) is 0 Å². The molecule has 170 valence electrons. The van der Waals surface area contributed by atoms with Crippen molar-refractivity contribution in [1.82, 2.24) is 15.6 Å². The van der Waals surface area contributed by atoms with Crippen molar-refractivity contribution in [1.29, 1.82) is 0 Å². The fourth-order valence-corrected chi connectivity index (χ4v) is 4.23. The molecule has 1 aromatic heterocycles. The number of aromatic nitrogens is 1. The first-order valence-electron chi connectivity index (χ1n) is 10.5. The number of carbonyl (C=O) groups is 1. The van der Waals surface area contributed by atoms with E-state index in [9.17, 15) is 4.79 Å². The number of guanidine groups is 1. The van der Waals surface area contributed by atoms with E-state index in [0.717, 1.165) is 42.7 Å². The summed E-state index contributed by atoms with van der Waals surface area (Å²) in [6.07, 6.45) is 1.84. The number of nitrogens with zero attached hydrogens (tertiary/aromatic N) is 2. The lowest BCUT2D eigenvalue weighted by Crippen LogP contribution is -2.38. The van der Waals surface area contributed by atoms with E-state index < -0.39 is 0 Å². The van der Waals surface area contributed by atoms with Gasteiger partial charge in [0.25, 0.3) is 0 Å². The fraction of sp³-hybridized carbons (Fsp3) is 0.500. The Hall–Kier alpha value is -1.88. The van der Waals surface area contributed by atoms with Gasteiger partial charge in [0.05, 0.1) is 24.9 Å². The van der Waals surface area contributed by atoms with Crippen LogP contribution in [0.3, 0.4) is 0 Å². The highest BCUT2D eigenvalue weighted by molar-refractivity contribution is 14.0. The van der Waals surface area contributed by atoms with Crippen LogP contribution in [0.2, 0.25) is 0 Å². The predicted octanol–water partition coefficient (Wildman–Crippen LogP) is 4.04. The molecule has 2 aromatic rings. The van der Waals surface area contributed by atoms with Crippen LogP contribution in [0.25, 0.3) is 0 Å². The van der Waals surface area contributed by atoms with E-state index in [1.165, 1.54) is 22.5 Å². The summed E-state index contributed by atoms with van der Waals surface area (Å²) in [6.45, 7) is 10.3. The van der Waals surface area contributed by atoms with E-state index in [1.807, 2.05) is 20.8 Å². The summed E-state index contributed by atoms with van der Waals surface area (Å²) in [7, 11) is 0. The summed E-state index contributed by atoms with van der Waals surface area (Å²) >= 11 is 1.37. The number of thiazole rings is 1. The molecule has 1 atom stereocenters. The van der Waals surface area contributed by atoms with Crippen molar-refractivity contribution in [3.05, 3.63) is 44.9 Å². The third-order valence-corrected chi connectivity index (χ3v) is 6.09. The molecule has 2 heterocycles.